The van der Waals surface area contributed by atoms with Crippen LogP contribution < -0.4 is 0 Å². The van der Waals surface area contributed by atoms with Gasteiger partial charge >= 0.3 is 0 Å². The van der Waals surface area contributed by atoms with E-state index in [-0.39, 0.29) is 5.41 Å². The SMILES string of the molecule is CC.CC1CCC(C(C)(C)c2ccc(O)cc2)CC1C.Oc1ccccc1. The molecule has 1 fully saturated rings. The highest BCUT2D eigenvalue weighted by molar-refractivity contribution is 5.31. The van der Waals surface area contributed by atoms with Gasteiger partial charge in [0.15, 0.2) is 0 Å². The number of hydrogen-bond acceptors (Lipinski definition) is 2. The molecule has 3 unspecified atom stereocenters. The van der Waals surface area contributed by atoms with Gasteiger partial charge in [0, 0.05) is 0 Å². The molecule has 0 aliphatic heterocycles. The van der Waals surface area contributed by atoms with Gasteiger partial charge in [0.25, 0.3) is 0 Å². The van der Waals surface area contributed by atoms with E-state index >= 15 is 0 Å². The second-order valence-corrected chi connectivity index (χ2v) is 8.07. The van der Waals surface area contributed by atoms with Crippen LogP contribution in [0.5, 0.6) is 11.5 Å². The Labute approximate surface area is 166 Å². The fourth-order valence-corrected chi connectivity index (χ4v) is 3.76. The van der Waals surface area contributed by atoms with Crippen LogP contribution in [0.25, 0.3) is 0 Å². The molecule has 0 aromatic heterocycles. The van der Waals surface area contributed by atoms with Gasteiger partial charge in [-0.1, -0.05) is 78.3 Å². The van der Waals surface area contributed by atoms with Crippen molar-refractivity contribution in [3.05, 3.63) is 60.2 Å². The Morgan fingerprint density at radius 1 is 0.741 bits per heavy atom. The van der Waals surface area contributed by atoms with Gasteiger partial charge in [-0.3, -0.25) is 0 Å². The smallest absolute Gasteiger partial charge is 0.115 e. The second-order valence-electron chi connectivity index (χ2n) is 8.07. The first-order valence-corrected chi connectivity index (χ1v) is 10.3. The Morgan fingerprint density at radius 2 is 1.26 bits per heavy atom. The zero-order chi connectivity index (χ0) is 20.4. The fraction of sp³-hybridized carbons (Fsp3) is 0.520. The Kier molecular flexibility index (Phi) is 9.41. The summed E-state index contributed by atoms with van der Waals surface area (Å²) < 4.78 is 0. The Morgan fingerprint density at radius 3 is 1.70 bits per heavy atom. The predicted octanol–water partition coefficient (Wildman–Crippen LogP) is 7.16. The summed E-state index contributed by atoms with van der Waals surface area (Å²) in [5.74, 6) is 3.15. The first-order valence-electron chi connectivity index (χ1n) is 10.3. The van der Waals surface area contributed by atoms with Crippen molar-refractivity contribution in [3.8, 4) is 11.5 Å². The first-order chi connectivity index (χ1) is 12.8. The fourth-order valence-electron chi connectivity index (χ4n) is 3.76. The normalized spacial score (nSPS) is 21.9. The molecule has 0 radical (unpaired) electrons. The number of phenols is 2. The van der Waals surface area contributed by atoms with Gasteiger partial charge in [-0.25, -0.2) is 0 Å². The largest absolute Gasteiger partial charge is 0.508 e. The van der Waals surface area contributed by atoms with E-state index < -0.39 is 0 Å². The molecule has 2 aromatic rings. The van der Waals surface area contributed by atoms with Gasteiger partial charge < -0.3 is 10.2 Å². The van der Waals surface area contributed by atoms with Gasteiger partial charge in [-0.2, -0.15) is 0 Å². The molecule has 1 aliphatic rings. The van der Waals surface area contributed by atoms with Gasteiger partial charge in [-0.05, 0) is 65.8 Å². The van der Waals surface area contributed by atoms with E-state index in [4.69, 9.17) is 5.11 Å². The molecule has 0 saturated heterocycles. The maximum absolute atomic E-state index is 9.41. The van der Waals surface area contributed by atoms with Crippen LogP contribution >= 0.6 is 0 Å². The molecule has 1 aliphatic carbocycles. The van der Waals surface area contributed by atoms with E-state index in [0.717, 1.165) is 17.8 Å². The minimum atomic E-state index is 0.210. The molecule has 0 amide bonds. The molecule has 3 rings (SSSR count). The van der Waals surface area contributed by atoms with Crippen LogP contribution in [0.3, 0.4) is 0 Å². The van der Waals surface area contributed by atoms with Crippen molar-refractivity contribution < 1.29 is 10.2 Å². The minimum absolute atomic E-state index is 0.210. The van der Waals surface area contributed by atoms with Crippen LogP contribution in [-0.2, 0) is 5.41 Å². The molecule has 0 bridgehead atoms. The van der Waals surface area contributed by atoms with Crippen molar-refractivity contribution in [3.63, 3.8) is 0 Å². The quantitative estimate of drug-likeness (QED) is 0.588. The molecule has 1 saturated carbocycles. The number of aromatic hydroxyl groups is 2. The van der Waals surface area contributed by atoms with E-state index in [1.165, 1.54) is 24.8 Å². The van der Waals surface area contributed by atoms with Gasteiger partial charge in [0.2, 0.25) is 0 Å². The van der Waals surface area contributed by atoms with Crippen LogP contribution in [-0.4, -0.2) is 10.2 Å². The van der Waals surface area contributed by atoms with Gasteiger partial charge in [0.1, 0.15) is 11.5 Å². The van der Waals surface area contributed by atoms with E-state index in [9.17, 15) is 5.11 Å². The average Bonchev–Trinajstić information content (AvgIpc) is 2.67. The summed E-state index contributed by atoms with van der Waals surface area (Å²) in [5, 5.41) is 18.0. The van der Waals surface area contributed by atoms with Crippen LogP contribution in [0.4, 0.5) is 0 Å². The number of hydrogen-bond donors (Lipinski definition) is 2. The molecule has 3 atom stereocenters. The number of rotatable bonds is 2. The molecule has 150 valence electrons. The zero-order valence-electron chi connectivity index (χ0n) is 17.9. The summed E-state index contributed by atoms with van der Waals surface area (Å²) in [6.07, 6.45) is 4.02. The highest BCUT2D eigenvalue weighted by atomic mass is 16.3. The monoisotopic (exact) mass is 370 g/mol. The van der Waals surface area contributed by atoms with Crippen molar-refractivity contribution in [1.82, 2.24) is 0 Å². The van der Waals surface area contributed by atoms with Crippen LogP contribution in [0.2, 0.25) is 0 Å². The zero-order valence-corrected chi connectivity index (χ0v) is 17.9. The summed E-state index contributed by atoms with van der Waals surface area (Å²) in [6.45, 7) is 13.5. The number of benzene rings is 2. The Balaban J connectivity index is 0.000000338. The van der Waals surface area contributed by atoms with Crippen LogP contribution in [0.15, 0.2) is 54.6 Å². The topological polar surface area (TPSA) is 40.5 Å². The van der Waals surface area contributed by atoms with E-state index in [1.54, 1.807) is 24.3 Å². The minimum Gasteiger partial charge on any atom is -0.508 e. The highest BCUT2D eigenvalue weighted by Crippen LogP contribution is 2.44. The lowest BCUT2D eigenvalue weighted by Crippen LogP contribution is -2.34. The third kappa shape index (κ3) is 6.93. The summed E-state index contributed by atoms with van der Waals surface area (Å²) in [6, 6.07) is 16.5. The molecular weight excluding hydrogens is 332 g/mol. The Bertz CT molecular complexity index is 631. The summed E-state index contributed by atoms with van der Waals surface area (Å²) in [7, 11) is 0. The lowest BCUT2D eigenvalue weighted by Gasteiger charge is -2.42. The van der Waals surface area contributed by atoms with Gasteiger partial charge in [-0.15, -0.1) is 0 Å². The molecule has 0 heterocycles. The molecule has 0 spiro atoms. The number of phenolic OH excluding ortho intramolecular Hbond substituents is 2. The van der Waals surface area contributed by atoms with E-state index in [2.05, 4.69) is 39.8 Å². The molecule has 2 aromatic carbocycles. The second kappa shape index (κ2) is 11.0. The predicted molar refractivity (Wildman–Crippen MR) is 116 cm³/mol. The van der Waals surface area contributed by atoms with Crippen molar-refractivity contribution in [2.24, 2.45) is 17.8 Å². The maximum Gasteiger partial charge on any atom is 0.115 e. The molecule has 2 heteroatoms. The molecule has 2 nitrogen and oxygen atoms in total. The molecule has 27 heavy (non-hydrogen) atoms. The van der Waals surface area contributed by atoms with Crippen molar-refractivity contribution in [1.29, 1.82) is 0 Å². The molecular formula is C25H38O2. The maximum atomic E-state index is 9.41. The standard InChI is InChI=1S/C17H26O.C6H6O.C2H6/c1-12-5-6-15(11-13(12)2)17(3,4)14-7-9-16(18)10-8-14;7-6-4-2-1-3-5-6;1-2/h7-10,12-13,15,18H,5-6,11H2,1-4H3;1-5,7H;1-2H3. The lowest BCUT2D eigenvalue weighted by molar-refractivity contribution is 0.148. The van der Waals surface area contributed by atoms with Crippen LogP contribution in [0, 0.1) is 17.8 Å². The summed E-state index contributed by atoms with van der Waals surface area (Å²) in [5.41, 5.74) is 1.56. The van der Waals surface area contributed by atoms with Gasteiger partial charge in [0.05, 0.1) is 0 Å². The van der Waals surface area contributed by atoms with Crippen molar-refractivity contribution in [2.45, 2.75) is 66.2 Å². The summed E-state index contributed by atoms with van der Waals surface area (Å²) >= 11 is 0. The van der Waals surface area contributed by atoms with Crippen LogP contribution in [0.1, 0.15) is 66.4 Å². The average molecular weight is 371 g/mol. The highest BCUT2D eigenvalue weighted by Gasteiger charge is 2.36. The first kappa shape index (κ1) is 23.1. The van der Waals surface area contributed by atoms with Crippen molar-refractivity contribution >= 4 is 0 Å². The van der Waals surface area contributed by atoms with E-state index in [1.807, 2.05) is 32.0 Å². The molecule has 2 N–H and O–H groups in total. The lowest BCUT2D eigenvalue weighted by atomic mass is 9.63. The van der Waals surface area contributed by atoms with Crippen molar-refractivity contribution in [2.75, 3.05) is 0 Å². The van der Waals surface area contributed by atoms with E-state index in [0.29, 0.717) is 11.5 Å². The third-order valence-electron chi connectivity index (χ3n) is 5.99. The summed E-state index contributed by atoms with van der Waals surface area (Å²) in [4.78, 5) is 0. The third-order valence-corrected chi connectivity index (χ3v) is 5.99. The number of para-hydroxylation sites is 1. The Hall–Kier alpha value is -1.96.